The number of amides is 1. The Morgan fingerprint density at radius 3 is 2.63 bits per heavy atom. The van der Waals surface area contributed by atoms with Gasteiger partial charge >= 0.3 is 0 Å². The average Bonchev–Trinajstić information content (AvgIpc) is 3.41. The fourth-order valence-electron chi connectivity index (χ4n) is 4.09. The minimum atomic E-state index is -0.151. The van der Waals surface area contributed by atoms with E-state index in [2.05, 4.69) is 21.6 Å². The van der Waals surface area contributed by atoms with Crippen LogP contribution in [0, 0.1) is 11.3 Å². The van der Waals surface area contributed by atoms with Crippen molar-refractivity contribution in [1.82, 2.24) is 14.8 Å². The van der Waals surface area contributed by atoms with Crippen LogP contribution in [0.5, 0.6) is 11.5 Å². The Hall–Kier alpha value is -3.03. The number of aromatic nitrogens is 3. The van der Waals surface area contributed by atoms with Crippen LogP contribution >= 0.6 is 23.1 Å². The van der Waals surface area contributed by atoms with Crippen LogP contribution in [0.25, 0.3) is 0 Å². The van der Waals surface area contributed by atoms with Gasteiger partial charge in [-0.25, -0.2) is 0 Å². The van der Waals surface area contributed by atoms with Crippen LogP contribution in [-0.4, -0.2) is 33.5 Å². The Morgan fingerprint density at radius 2 is 1.91 bits per heavy atom. The van der Waals surface area contributed by atoms with Crippen LogP contribution in [0.3, 0.4) is 0 Å². The van der Waals surface area contributed by atoms with Gasteiger partial charge in [-0.05, 0) is 62.4 Å². The van der Waals surface area contributed by atoms with E-state index in [9.17, 15) is 10.1 Å². The number of anilines is 1. The van der Waals surface area contributed by atoms with E-state index < -0.39 is 0 Å². The molecule has 1 N–H and O–H groups in total. The maximum atomic E-state index is 12.7. The van der Waals surface area contributed by atoms with Crippen molar-refractivity contribution >= 4 is 34.0 Å². The van der Waals surface area contributed by atoms with Gasteiger partial charge in [0.2, 0.25) is 5.91 Å². The van der Waals surface area contributed by atoms with E-state index in [1.807, 2.05) is 35.8 Å². The number of nitrogens with zero attached hydrogens (tertiary/aromatic N) is 4. The summed E-state index contributed by atoms with van der Waals surface area (Å²) in [6.07, 6.45) is 6.56. The second kappa shape index (κ2) is 12.1. The highest BCUT2D eigenvalue weighted by Crippen LogP contribution is 2.36. The molecule has 2 aromatic heterocycles. The molecule has 8 nitrogen and oxygen atoms in total. The van der Waals surface area contributed by atoms with Gasteiger partial charge in [0, 0.05) is 11.4 Å². The molecule has 0 fully saturated rings. The first-order valence-corrected chi connectivity index (χ1v) is 13.6. The van der Waals surface area contributed by atoms with Crippen molar-refractivity contribution in [2.24, 2.45) is 0 Å². The van der Waals surface area contributed by atoms with Crippen molar-refractivity contribution in [3.63, 3.8) is 0 Å². The quantitative estimate of drug-likeness (QED) is 0.394. The molecule has 1 aliphatic rings. The second-order valence-corrected chi connectivity index (χ2v) is 10.2. The summed E-state index contributed by atoms with van der Waals surface area (Å²) in [4.78, 5) is 14.0. The van der Waals surface area contributed by atoms with Gasteiger partial charge in [-0.15, -0.1) is 21.5 Å². The number of thiophene rings is 1. The van der Waals surface area contributed by atoms with Crippen molar-refractivity contribution in [1.29, 1.82) is 5.26 Å². The number of ether oxygens (including phenoxy) is 2. The zero-order valence-electron chi connectivity index (χ0n) is 20.0. The number of carbonyl (C=O) groups excluding carboxylic acids is 1. The number of nitriles is 1. The molecule has 0 spiro atoms. The molecule has 0 bridgehead atoms. The number of hydrogen-bond donors (Lipinski definition) is 1. The smallest absolute Gasteiger partial charge is 0.235 e. The van der Waals surface area contributed by atoms with Crippen molar-refractivity contribution in [2.45, 2.75) is 63.8 Å². The zero-order chi connectivity index (χ0) is 24.6. The number of thioether (sulfide) groups is 1. The van der Waals surface area contributed by atoms with Crippen LogP contribution in [-0.2, 0) is 30.8 Å². The first-order chi connectivity index (χ1) is 17.1. The van der Waals surface area contributed by atoms with Crippen molar-refractivity contribution in [3.8, 4) is 17.6 Å². The fraction of sp³-hybridized carbons (Fsp3) is 0.440. The summed E-state index contributed by atoms with van der Waals surface area (Å²) in [7, 11) is 1.62. The van der Waals surface area contributed by atoms with Gasteiger partial charge in [0.1, 0.15) is 29.2 Å². The van der Waals surface area contributed by atoms with Crippen LogP contribution in [0.1, 0.15) is 54.4 Å². The Balaban J connectivity index is 1.36. The standard InChI is InChI=1S/C25H29N5O3S2/c1-3-30-22(15-33-18-12-10-17(32-2)11-13-18)28-29-25(30)34-16-23(31)27-24-20(14-26)19-8-6-4-5-7-9-21(19)35-24/h10-13H,3-9,15-16H2,1-2H3,(H,27,31). The third kappa shape index (κ3) is 6.16. The van der Waals surface area contributed by atoms with E-state index in [-0.39, 0.29) is 18.3 Å². The lowest BCUT2D eigenvalue weighted by Gasteiger charge is -2.09. The highest BCUT2D eigenvalue weighted by atomic mass is 32.2. The minimum Gasteiger partial charge on any atom is -0.497 e. The van der Waals surface area contributed by atoms with Crippen molar-refractivity contribution < 1.29 is 14.3 Å². The van der Waals surface area contributed by atoms with Crippen LogP contribution in [0.4, 0.5) is 5.00 Å². The molecule has 1 aliphatic carbocycles. The summed E-state index contributed by atoms with van der Waals surface area (Å²) in [5.41, 5.74) is 1.77. The van der Waals surface area contributed by atoms with Gasteiger partial charge < -0.3 is 19.4 Å². The molecule has 0 unspecified atom stereocenters. The van der Waals surface area contributed by atoms with E-state index in [4.69, 9.17) is 9.47 Å². The van der Waals surface area contributed by atoms with Gasteiger partial charge in [0.25, 0.3) is 0 Å². The molecule has 0 aliphatic heterocycles. The van der Waals surface area contributed by atoms with Gasteiger partial charge in [0.05, 0.1) is 18.4 Å². The van der Waals surface area contributed by atoms with E-state index in [0.29, 0.717) is 33.8 Å². The molecular formula is C25H29N5O3S2. The van der Waals surface area contributed by atoms with Gasteiger partial charge in [-0.3, -0.25) is 4.79 Å². The third-order valence-corrected chi connectivity index (χ3v) is 8.08. The number of fused-ring (bicyclic) bond motifs is 1. The minimum absolute atomic E-state index is 0.151. The molecule has 0 saturated carbocycles. The Kier molecular flexibility index (Phi) is 8.66. The molecule has 35 heavy (non-hydrogen) atoms. The summed E-state index contributed by atoms with van der Waals surface area (Å²) in [5.74, 6) is 2.20. The number of benzene rings is 1. The van der Waals surface area contributed by atoms with Crippen LogP contribution in [0.15, 0.2) is 29.4 Å². The number of nitrogens with one attached hydrogen (secondary N) is 1. The van der Waals surface area contributed by atoms with E-state index in [1.165, 1.54) is 29.5 Å². The van der Waals surface area contributed by atoms with Crippen LogP contribution in [0.2, 0.25) is 0 Å². The Bertz CT molecular complexity index is 1200. The maximum Gasteiger partial charge on any atom is 0.235 e. The SMILES string of the molecule is CCn1c(COc2ccc(OC)cc2)nnc1SCC(=O)Nc1sc2c(c1C#N)CCCCCC2. The predicted octanol–water partition coefficient (Wildman–Crippen LogP) is 5.21. The molecular weight excluding hydrogens is 482 g/mol. The second-order valence-electron chi connectivity index (χ2n) is 8.18. The number of methoxy groups -OCH3 is 1. The van der Waals surface area contributed by atoms with Gasteiger partial charge in [-0.2, -0.15) is 5.26 Å². The molecule has 0 atom stereocenters. The molecule has 2 heterocycles. The summed E-state index contributed by atoms with van der Waals surface area (Å²) >= 11 is 2.88. The summed E-state index contributed by atoms with van der Waals surface area (Å²) < 4.78 is 12.9. The molecule has 1 aromatic carbocycles. The van der Waals surface area contributed by atoms with Gasteiger partial charge in [-0.1, -0.05) is 24.6 Å². The topological polar surface area (TPSA) is 102 Å². The number of aryl methyl sites for hydroxylation is 1. The summed E-state index contributed by atoms with van der Waals surface area (Å²) in [5, 5.41) is 22.6. The van der Waals surface area contributed by atoms with E-state index in [0.717, 1.165) is 37.0 Å². The average molecular weight is 512 g/mol. The lowest BCUT2D eigenvalue weighted by Crippen LogP contribution is -2.15. The number of carbonyl (C=O) groups is 1. The highest BCUT2D eigenvalue weighted by Gasteiger charge is 2.21. The fourth-order valence-corrected chi connectivity index (χ4v) is 6.17. The summed E-state index contributed by atoms with van der Waals surface area (Å²) in [6.45, 7) is 2.94. The largest absolute Gasteiger partial charge is 0.497 e. The Labute approximate surface area is 213 Å². The van der Waals surface area contributed by atoms with Crippen molar-refractivity contribution in [2.75, 3.05) is 18.2 Å². The molecule has 0 saturated heterocycles. The molecule has 0 radical (unpaired) electrons. The Morgan fingerprint density at radius 1 is 1.17 bits per heavy atom. The number of rotatable bonds is 9. The van der Waals surface area contributed by atoms with E-state index in [1.54, 1.807) is 18.4 Å². The lowest BCUT2D eigenvalue weighted by atomic mass is 9.97. The van der Waals surface area contributed by atoms with Gasteiger partial charge in [0.15, 0.2) is 11.0 Å². The lowest BCUT2D eigenvalue weighted by molar-refractivity contribution is -0.113. The molecule has 4 rings (SSSR count). The monoisotopic (exact) mass is 511 g/mol. The van der Waals surface area contributed by atoms with E-state index >= 15 is 0 Å². The van der Waals surface area contributed by atoms with Crippen molar-refractivity contribution in [3.05, 3.63) is 46.1 Å². The maximum absolute atomic E-state index is 12.7. The number of hydrogen-bond acceptors (Lipinski definition) is 8. The zero-order valence-corrected chi connectivity index (χ0v) is 21.6. The first kappa shape index (κ1) is 25.1. The molecule has 1 amide bonds. The summed E-state index contributed by atoms with van der Waals surface area (Å²) in [6, 6.07) is 9.68. The molecule has 3 aromatic rings. The third-order valence-electron chi connectivity index (χ3n) is 5.91. The first-order valence-electron chi connectivity index (χ1n) is 11.8. The highest BCUT2D eigenvalue weighted by molar-refractivity contribution is 7.99. The normalized spacial score (nSPS) is 13.3. The predicted molar refractivity (Wildman–Crippen MR) is 137 cm³/mol. The van der Waals surface area contributed by atoms with Crippen LogP contribution < -0.4 is 14.8 Å². The molecule has 10 heteroatoms. The molecule has 184 valence electrons.